The molecule has 1 N–H and O–H groups in total. The van der Waals surface area contributed by atoms with Gasteiger partial charge < -0.3 is 10.1 Å². The number of aromatic nitrogens is 2. The zero-order valence-electron chi connectivity index (χ0n) is 9.94. The normalized spacial score (nSPS) is 23.9. The summed E-state index contributed by atoms with van der Waals surface area (Å²) in [5.74, 6) is 0.631. The summed E-state index contributed by atoms with van der Waals surface area (Å²) in [6.07, 6.45) is 2.95. The van der Waals surface area contributed by atoms with Gasteiger partial charge in [-0.15, -0.1) is 0 Å². The molecule has 0 saturated carbocycles. The van der Waals surface area contributed by atoms with Gasteiger partial charge in [0.05, 0.1) is 17.3 Å². The van der Waals surface area contributed by atoms with E-state index in [1.54, 1.807) is 18.0 Å². The first kappa shape index (κ1) is 12.9. The smallest absolute Gasteiger partial charge is 0.223 e. The van der Waals surface area contributed by atoms with Crippen LogP contribution in [0, 0.1) is 0 Å². The number of hydrogen-bond donors (Lipinski definition) is 1. The molecular weight excluding hydrogens is 258 g/mol. The van der Waals surface area contributed by atoms with Crippen LogP contribution in [-0.2, 0) is 4.74 Å². The van der Waals surface area contributed by atoms with Gasteiger partial charge in [-0.3, -0.25) is 0 Å². The number of thioether (sulfide) groups is 1. The zero-order chi connectivity index (χ0) is 12.3. The highest BCUT2D eigenvalue weighted by Gasteiger charge is 2.26. The van der Waals surface area contributed by atoms with Crippen LogP contribution < -0.4 is 5.32 Å². The third-order valence-electron chi connectivity index (χ3n) is 2.62. The zero-order valence-corrected chi connectivity index (χ0v) is 11.5. The van der Waals surface area contributed by atoms with Crippen molar-refractivity contribution in [2.45, 2.75) is 36.6 Å². The molecule has 1 saturated heterocycles. The minimum absolute atomic E-state index is 0.258. The molecule has 0 aromatic carbocycles. The van der Waals surface area contributed by atoms with Crippen molar-refractivity contribution in [3.8, 4) is 0 Å². The fourth-order valence-corrected chi connectivity index (χ4v) is 2.99. The minimum Gasteiger partial charge on any atom is -0.377 e. The molecule has 2 heterocycles. The molecule has 4 nitrogen and oxygen atoms in total. The van der Waals surface area contributed by atoms with Crippen molar-refractivity contribution in [2.24, 2.45) is 0 Å². The summed E-state index contributed by atoms with van der Waals surface area (Å²) in [7, 11) is 0. The highest BCUT2D eigenvalue weighted by atomic mass is 35.5. The third kappa shape index (κ3) is 3.24. The van der Waals surface area contributed by atoms with E-state index in [-0.39, 0.29) is 6.10 Å². The number of anilines is 1. The van der Waals surface area contributed by atoms with E-state index in [1.807, 2.05) is 6.92 Å². The first-order valence-electron chi connectivity index (χ1n) is 5.75. The summed E-state index contributed by atoms with van der Waals surface area (Å²) in [4.78, 5) is 8.54. The Morgan fingerprint density at radius 3 is 3.12 bits per heavy atom. The minimum atomic E-state index is 0.258. The first-order valence-corrected chi connectivity index (χ1v) is 7.01. The maximum atomic E-state index is 6.11. The SMILES string of the molecule is CCNc1ncc(Cl)c(SC2CCOC2C)n1. The van der Waals surface area contributed by atoms with Crippen LogP contribution in [0.2, 0.25) is 5.02 Å². The van der Waals surface area contributed by atoms with E-state index in [1.165, 1.54) is 0 Å². The van der Waals surface area contributed by atoms with Crippen LogP contribution in [0.4, 0.5) is 5.95 Å². The summed E-state index contributed by atoms with van der Waals surface area (Å²) in [6, 6.07) is 0. The van der Waals surface area contributed by atoms with E-state index in [4.69, 9.17) is 16.3 Å². The summed E-state index contributed by atoms with van der Waals surface area (Å²) >= 11 is 7.79. The number of halogens is 1. The van der Waals surface area contributed by atoms with Crippen molar-refractivity contribution in [1.29, 1.82) is 0 Å². The van der Waals surface area contributed by atoms with Crippen molar-refractivity contribution < 1.29 is 4.74 Å². The average Bonchev–Trinajstić information content (AvgIpc) is 2.70. The lowest BCUT2D eigenvalue weighted by Gasteiger charge is -2.14. The Hall–Kier alpha value is -0.520. The molecule has 0 spiro atoms. The molecule has 0 amide bonds. The van der Waals surface area contributed by atoms with Crippen molar-refractivity contribution in [2.75, 3.05) is 18.5 Å². The summed E-state index contributed by atoms with van der Waals surface area (Å²) in [5.41, 5.74) is 0. The largest absolute Gasteiger partial charge is 0.377 e. The molecule has 1 fully saturated rings. The second-order valence-electron chi connectivity index (χ2n) is 3.90. The second-order valence-corrected chi connectivity index (χ2v) is 5.53. The molecule has 2 atom stereocenters. The van der Waals surface area contributed by atoms with Gasteiger partial charge in [0.25, 0.3) is 0 Å². The number of nitrogens with one attached hydrogen (secondary N) is 1. The molecule has 1 aliphatic heterocycles. The highest BCUT2D eigenvalue weighted by molar-refractivity contribution is 8.00. The fraction of sp³-hybridized carbons (Fsp3) is 0.636. The number of rotatable bonds is 4. The van der Waals surface area contributed by atoms with Gasteiger partial charge in [-0.25, -0.2) is 9.97 Å². The van der Waals surface area contributed by atoms with Crippen LogP contribution in [0.5, 0.6) is 0 Å². The highest BCUT2D eigenvalue weighted by Crippen LogP contribution is 2.35. The Balaban J connectivity index is 2.10. The average molecular weight is 274 g/mol. The lowest BCUT2D eigenvalue weighted by atomic mass is 10.3. The summed E-state index contributed by atoms with van der Waals surface area (Å²) in [5, 5.41) is 4.95. The van der Waals surface area contributed by atoms with E-state index in [2.05, 4.69) is 22.2 Å². The fourth-order valence-electron chi connectivity index (χ4n) is 1.69. The molecule has 1 aromatic heterocycles. The topological polar surface area (TPSA) is 47.0 Å². The van der Waals surface area contributed by atoms with Gasteiger partial charge in [-0.1, -0.05) is 23.4 Å². The Morgan fingerprint density at radius 1 is 1.65 bits per heavy atom. The molecule has 2 rings (SSSR count). The first-order chi connectivity index (χ1) is 8.20. The van der Waals surface area contributed by atoms with Gasteiger partial charge >= 0.3 is 0 Å². The molecule has 0 aliphatic carbocycles. The van der Waals surface area contributed by atoms with Crippen LogP contribution >= 0.6 is 23.4 Å². The molecule has 17 heavy (non-hydrogen) atoms. The predicted octanol–water partition coefficient (Wildman–Crippen LogP) is 2.83. The number of hydrogen-bond acceptors (Lipinski definition) is 5. The Labute approximate surface area is 111 Å². The summed E-state index contributed by atoms with van der Waals surface area (Å²) in [6.45, 7) is 5.72. The van der Waals surface area contributed by atoms with Crippen LogP contribution in [0.15, 0.2) is 11.2 Å². The van der Waals surface area contributed by atoms with Gasteiger partial charge in [-0.2, -0.15) is 0 Å². The van der Waals surface area contributed by atoms with Crippen LogP contribution in [0.1, 0.15) is 20.3 Å². The lowest BCUT2D eigenvalue weighted by Crippen LogP contribution is -2.13. The standard InChI is InChI=1S/C11H16ClN3OS/c1-3-13-11-14-6-8(12)10(15-11)17-9-4-5-16-7(9)2/h6-7,9H,3-5H2,1-2H3,(H,13,14,15). The van der Waals surface area contributed by atoms with Crippen molar-refractivity contribution in [3.05, 3.63) is 11.2 Å². The Morgan fingerprint density at radius 2 is 2.47 bits per heavy atom. The Kier molecular flexibility index (Phi) is 4.48. The molecule has 1 aliphatic rings. The van der Waals surface area contributed by atoms with E-state index in [0.717, 1.165) is 24.6 Å². The van der Waals surface area contributed by atoms with E-state index < -0.39 is 0 Å². The Bertz CT molecular complexity index is 391. The van der Waals surface area contributed by atoms with Gasteiger partial charge in [-0.05, 0) is 20.3 Å². The van der Waals surface area contributed by atoms with Gasteiger partial charge in [0, 0.05) is 18.4 Å². The number of nitrogens with zero attached hydrogens (tertiary/aromatic N) is 2. The van der Waals surface area contributed by atoms with Crippen molar-refractivity contribution >= 4 is 29.3 Å². The molecule has 2 unspecified atom stereocenters. The van der Waals surface area contributed by atoms with Crippen LogP contribution in [0.3, 0.4) is 0 Å². The molecule has 1 aromatic rings. The summed E-state index contributed by atoms with van der Waals surface area (Å²) < 4.78 is 5.53. The van der Waals surface area contributed by atoms with Crippen LogP contribution in [-0.4, -0.2) is 34.5 Å². The monoisotopic (exact) mass is 273 g/mol. The maximum absolute atomic E-state index is 6.11. The van der Waals surface area contributed by atoms with Crippen molar-refractivity contribution in [3.63, 3.8) is 0 Å². The van der Waals surface area contributed by atoms with Crippen LogP contribution in [0.25, 0.3) is 0 Å². The molecule has 0 radical (unpaired) electrons. The molecular formula is C11H16ClN3OS. The predicted molar refractivity (Wildman–Crippen MR) is 70.9 cm³/mol. The maximum Gasteiger partial charge on any atom is 0.223 e. The quantitative estimate of drug-likeness (QED) is 0.855. The van der Waals surface area contributed by atoms with Gasteiger partial charge in [0.15, 0.2) is 0 Å². The molecule has 6 heteroatoms. The lowest BCUT2D eigenvalue weighted by molar-refractivity contribution is 0.127. The van der Waals surface area contributed by atoms with Gasteiger partial charge in [0.1, 0.15) is 5.03 Å². The molecule has 0 bridgehead atoms. The van der Waals surface area contributed by atoms with Gasteiger partial charge in [0.2, 0.25) is 5.95 Å². The van der Waals surface area contributed by atoms with E-state index in [9.17, 15) is 0 Å². The van der Waals surface area contributed by atoms with Crippen molar-refractivity contribution in [1.82, 2.24) is 9.97 Å². The van der Waals surface area contributed by atoms with E-state index >= 15 is 0 Å². The second kappa shape index (κ2) is 5.89. The third-order valence-corrected chi connectivity index (χ3v) is 4.46. The molecule has 94 valence electrons. The van der Waals surface area contributed by atoms with E-state index in [0.29, 0.717) is 16.2 Å². The number of ether oxygens (including phenoxy) is 1.